The van der Waals surface area contributed by atoms with Gasteiger partial charge in [0.1, 0.15) is 6.26 Å². The molecule has 0 amide bonds. The van der Waals surface area contributed by atoms with Crippen LogP contribution in [0.15, 0.2) is 24.5 Å². The van der Waals surface area contributed by atoms with Crippen LogP contribution in [0, 0.1) is 5.75 Å². The highest BCUT2D eigenvalue weighted by molar-refractivity contribution is 7.96. The maximum Gasteiger partial charge on any atom is 0.101 e. The first-order chi connectivity index (χ1) is 3.50. The van der Waals surface area contributed by atoms with Gasteiger partial charge < -0.3 is 4.18 Å². The highest BCUT2D eigenvalue weighted by Crippen LogP contribution is 2.10. The van der Waals surface area contributed by atoms with Gasteiger partial charge in [0.05, 0.1) is 17.8 Å². The fourth-order valence-electron chi connectivity index (χ4n) is 0.283. The summed E-state index contributed by atoms with van der Waals surface area (Å²) < 4.78 is 4.81. The molecule has 0 spiro atoms. The molecule has 0 bridgehead atoms. The van der Waals surface area contributed by atoms with Gasteiger partial charge in [-0.05, 0) is 6.08 Å². The zero-order valence-corrected chi connectivity index (χ0v) is 4.52. The molecule has 1 nitrogen and oxygen atoms in total. The number of hydrogen-bond acceptors (Lipinski definition) is 2. The summed E-state index contributed by atoms with van der Waals surface area (Å²) in [5.41, 5.74) is 0. The van der Waals surface area contributed by atoms with Gasteiger partial charge in [-0.2, -0.15) is 0 Å². The van der Waals surface area contributed by atoms with E-state index < -0.39 is 0 Å². The van der Waals surface area contributed by atoms with Crippen molar-refractivity contribution in [3.63, 3.8) is 0 Å². The molecule has 1 aliphatic rings. The van der Waals surface area contributed by atoms with Crippen molar-refractivity contribution in [1.82, 2.24) is 0 Å². The van der Waals surface area contributed by atoms with Crippen LogP contribution in [-0.4, -0.2) is 0 Å². The van der Waals surface area contributed by atoms with Crippen LogP contribution in [0.5, 0.6) is 0 Å². The Hall–Kier alpha value is -0.370. The maximum absolute atomic E-state index is 4.81. The summed E-state index contributed by atoms with van der Waals surface area (Å²) in [6, 6.07) is 0. The lowest BCUT2D eigenvalue weighted by atomic mass is 10.5. The molecule has 2 heteroatoms. The van der Waals surface area contributed by atoms with Crippen molar-refractivity contribution in [1.29, 1.82) is 0 Å². The van der Waals surface area contributed by atoms with Crippen LogP contribution < -0.4 is 0 Å². The van der Waals surface area contributed by atoms with Crippen LogP contribution in [0.4, 0.5) is 0 Å². The van der Waals surface area contributed by atoms with E-state index >= 15 is 0 Å². The first-order valence-electron chi connectivity index (χ1n) is 1.97. The van der Waals surface area contributed by atoms with Gasteiger partial charge in [0, 0.05) is 0 Å². The normalized spacial score (nSPS) is 18.3. The van der Waals surface area contributed by atoms with E-state index in [-0.39, 0.29) is 0 Å². The Balaban J connectivity index is 2.39. The molecule has 0 saturated carbocycles. The van der Waals surface area contributed by atoms with Crippen molar-refractivity contribution < 1.29 is 4.18 Å². The average molecular weight is 113 g/mol. The molecule has 1 aliphatic heterocycles. The molecule has 0 atom stereocenters. The third-order valence-electron chi connectivity index (χ3n) is 0.546. The van der Waals surface area contributed by atoms with Gasteiger partial charge in [-0.25, -0.2) is 0 Å². The smallest absolute Gasteiger partial charge is 0.101 e. The fourth-order valence-corrected chi connectivity index (χ4v) is 0.630. The number of allylic oxidation sites excluding steroid dienone is 2. The van der Waals surface area contributed by atoms with Crippen LogP contribution in [0.1, 0.15) is 0 Å². The van der Waals surface area contributed by atoms with Crippen molar-refractivity contribution >= 4 is 12.0 Å². The molecule has 0 N–H and O–H groups in total. The number of rotatable bonds is 0. The predicted octanol–water partition coefficient (Wildman–Crippen LogP) is 1.90. The second-order valence-corrected chi connectivity index (χ2v) is 1.70. The van der Waals surface area contributed by atoms with Gasteiger partial charge in [-0.3, -0.25) is 0 Å². The molecule has 0 fully saturated rings. The van der Waals surface area contributed by atoms with Crippen molar-refractivity contribution in [2.45, 2.75) is 0 Å². The van der Waals surface area contributed by atoms with Gasteiger partial charge in [-0.1, -0.05) is 12.2 Å². The van der Waals surface area contributed by atoms with Crippen molar-refractivity contribution in [3.8, 4) is 0 Å². The highest BCUT2D eigenvalue weighted by Gasteiger charge is 1.82. The van der Waals surface area contributed by atoms with Crippen LogP contribution in [0.3, 0.4) is 0 Å². The third-order valence-corrected chi connectivity index (χ3v) is 1.04. The standard InChI is InChI=1S/C5H5OS/c1-2-4-6-7-5-3-1/h1-5H. The second kappa shape index (κ2) is 2.75. The lowest BCUT2D eigenvalue weighted by Crippen LogP contribution is -1.56. The predicted molar refractivity (Wildman–Crippen MR) is 31.3 cm³/mol. The Kier molecular flexibility index (Phi) is 1.88. The van der Waals surface area contributed by atoms with E-state index in [9.17, 15) is 0 Å². The van der Waals surface area contributed by atoms with E-state index in [1.807, 2.05) is 24.0 Å². The second-order valence-electron chi connectivity index (χ2n) is 1.04. The minimum atomic E-state index is 1.32. The molecule has 0 unspecified atom stereocenters. The molecule has 1 radical (unpaired) electrons. The quantitative estimate of drug-likeness (QED) is 0.444. The van der Waals surface area contributed by atoms with Crippen LogP contribution in [0.2, 0.25) is 0 Å². The topological polar surface area (TPSA) is 9.23 Å². The largest absolute Gasteiger partial charge is 0.433 e. The van der Waals surface area contributed by atoms with Gasteiger partial charge >= 0.3 is 0 Å². The summed E-state index contributed by atoms with van der Waals surface area (Å²) in [6.07, 6.45) is 7.33. The van der Waals surface area contributed by atoms with E-state index in [1.54, 1.807) is 6.26 Å². The SMILES string of the molecule is [CH]1C=CC=COS1. The molecule has 7 heavy (non-hydrogen) atoms. The molecule has 0 aromatic rings. The van der Waals surface area contributed by atoms with E-state index in [0.29, 0.717) is 0 Å². The first-order valence-corrected chi connectivity index (χ1v) is 2.78. The molecule has 0 aromatic carbocycles. The average Bonchev–Trinajstić information content (AvgIpc) is 1.90. The van der Waals surface area contributed by atoms with Crippen LogP contribution >= 0.6 is 12.0 Å². The van der Waals surface area contributed by atoms with Gasteiger partial charge in [0.25, 0.3) is 0 Å². The minimum absolute atomic E-state index is 1.32. The lowest BCUT2D eigenvalue weighted by Gasteiger charge is -1.86. The maximum atomic E-state index is 4.81. The van der Waals surface area contributed by atoms with Crippen LogP contribution in [0.25, 0.3) is 0 Å². The summed E-state index contributed by atoms with van der Waals surface area (Å²) in [7, 11) is 0. The van der Waals surface area contributed by atoms with E-state index in [0.717, 1.165) is 0 Å². The molecule has 0 aliphatic carbocycles. The van der Waals surface area contributed by atoms with Crippen molar-refractivity contribution in [2.75, 3.05) is 0 Å². The highest BCUT2D eigenvalue weighted by atomic mass is 32.2. The van der Waals surface area contributed by atoms with Gasteiger partial charge in [0.2, 0.25) is 0 Å². The Morgan fingerprint density at radius 1 is 1.14 bits per heavy atom. The summed E-state index contributed by atoms with van der Waals surface area (Å²) in [6.45, 7) is 0. The Morgan fingerprint density at radius 3 is 3.14 bits per heavy atom. The first kappa shape index (κ1) is 4.78. The van der Waals surface area contributed by atoms with E-state index in [4.69, 9.17) is 4.18 Å². The summed E-state index contributed by atoms with van der Waals surface area (Å²) in [5.74, 6) is 1.88. The van der Waals surface area contributed by atoms with Gasteiger partial charge in [0.15, 0.2) is 0 Å². The Bertz CT molecular complexity index is 84.3. The summed E-state index contributed by atoms with van der Waals surface area (Å²) >= 11 is 1.32. The van der Waals surface area contributed by atoms with Crippen molar-refractivity contribution in [3.05, 3.63) is 30.2 Å². The third kappa shape index (κ3) is 1.69. The van der Waals surface area contributed by atoms with Crippen molar-refractivity contribution in [2.24, 2.45) is 0 Å². The van der Waals surface area contributed by atoms with Gasteiger partial charge in [-0.15, -0.1) is 0 Å². The van der Waals surface area contributed by atoms with Crippen LogP contribution in [-0.2, 0) is 4.18 Å². The van der Waals surface area contributed by atoms with E-state index in [1.165, 1.54) is 12.0 Å². The molecule has 1 rings (SSSR count). The Morgan fingerprint density at radius 2 is 2.14 bits per heavy atom. The molecular weight excluding hydrogens is 108 g/mol. The zero-order chi connectivity index (χ0) is 4.95. The molecular formula is C5H5OS. The molecule has 0 saturated heterocycles. The summed E-state index contributed by atoms with van der Waals surface area (Å²) in [5, 5.41) is 0. The summed E-state index contributed by atoms with van der Waals surface area (Å²) in [4.78, 5) is 0. The Labute approximate surface area is 47.3 Å². The molecule has 0 aromatic heterocycles. The number of hydrogen-bond donors (Lipinski definition) is 0. The molecule has 37 valence electrons. The molecule has 1 heterocycles. The monoisotopic (exact) mass is 113 g/mol. The van der Waals surface area contributed by atoms with E-state index in [2.05, 4.69) is 0 Å². The fraction of sp³-hybridized carbons (Fsp3) is 0. The zero-order valence-electron chi connectivity index (χ0n) is 3.70. The minimum Gasteiger partial charge on any atom is -0.433 e. The lowest BCUT2D eigenvalue weighted by molar-refractivity contribution is 0.571.